The van der Waals surface area contributed by atoms with Crippen LogP contribution in [0.15, 0.2) is 18.2 Å². The molecule has 0 radical (unpaired) electrons. The van der Waals surface area contributed by atoms with Crippen molar-refractivity contribution < 1.29 is 23.8 Å². The summed E-state index contributed by atoms with van der Waals surface area (Å²) in [5, 5.41) is 0. The molecule has 0 bridgehead atoms. The van der Waals surface area contributed by atoms with Crippen LogP contribution in [0.4, 0.5) is 4.79 Å². The van der Waals surface area contributed by atoms with Crippen LogP contribution in [0.2, 0.25) is 0 Å². The molecule has 1 saturated heterocycles. The molecule has 2 aliphatic rings. The van der Waals surface area contributed by atoms with Gasteiger partial charge in [0.1, 0.15) is 5.75 Å². The SMILES string of the molecule is COC(=O)OC1CN(CC2CCc3ccc(OC)cc3C2)CCC1=O. The van der Waals surface area contributed by atoms with Crippen LogP contribution in [0.1, 0.15) is 24.0 Å². The van der Waals surface area contributed by atoms with Crippen molar-refractivity contribution in [2.75, 3.05) is 33.9 Å². The number of carbonyl (C=O) groups is 2. The van der Waals surface area contributed by atoms with Crippen molar-refractivity contribution >= 4 is 11.9 Å². The van der Waals surface area contributed by atoms with Crippen molar-refractivity contribution in [3.8, 4) is 5.75 Å². The summed E-state index contributed by atoms with van der Waals surface area (Å²) >= 11 is 0. The van der Waals surface area contributed by atoms with Crippen LogP contribution in [0.3, 0.4) is 0 Å². The number of aryl methyl sites for hydroxylation is 1. The molecule has 3 rings (SSSR count). The number of benzene rings is 1. The van der Waals surface area contributed by atoms with Crippen LogP contribution in [-0.4, -0.2) is 56.8 Å². The fraction of sp³-hybridized carbons (Fsp3) is 0.579. The van der Waals surface area contributed by atoms with E-state index in [1.165, 1.54) is 18.2 Å². The number of hydrogen-bond acceptors (Lipinski definition) is 6. The molecular formula is C19H25NO5. The third-order valence-corrected chi connectivity index (χ3v) is 5.12. The summed E-state index contributed by atoms with van der Waals surface area (Å²) < 4.78 is 14.9. The maximum absolute atomic E-state index is 11.9. The lowest BCUT2D eigenvalue weighted by Crippen LogP contribution is -2.48. The standard InChI is InChI=1S/C19H25NO5/c1-23-16-6-5-14-4-3-13(9-15(14)10-16)11-20-8-7-17(21)18(12-20)25-19(22)24-2/h5-6,10,13,18H,3-4,7-9,11-12H2,1-2H3. The van der Waals surface area contributed by atoms with Gasteiger partial charge in [-0.2, -0.15) is 0 Å². The summed E-state index contributed by atoms with van der Waals surface area (Å²) in [5.41, 5.74) is 2.75. The highest BCUT2D eigenvalue weighted by Crippen LogP contribution is 2.29. The van der Waals surface area contributed by atoms with Crippen molar-refractivity contribution in [3.63, 3.8) is 0 Å². The van der Waals surface area contributed by atoms with Crippen molar-refractivity contribution in [2.24, 2.45) is 5.92 Å². The Kier molecular flexibility index (Phi) is 5.58. The average Bonchev–Trinajstić information content (AvgIpc) is 2.63. The van der Waals surface area contributed by atoms with E-state index in [1.807, 2.05) is 6.07 Å². The molecule has 1 aromatic carbocycles. The van der Waals surface area contributed by atoms with Gasteiger partial charge in [0, 0.05) is 26.1 Å². The minimum Gasteiger partial charge on any atom is -0.497 e. The third-order valence-electron chi connectivity index (χ3n) is 5.12. The second-order valence-electron chi connectivity index (χ2n) is 6.78. The van der Waals surface area contributed by atoms with Gasteiger partial charge in [-0.25, -0.2) is 4.79 Å². The van der Waals surface area contributed by atoms with E-state index in [4.69, 9.17) is 9.47 Å². The molecule has 0 saturated carbocycles. The van der Waals surface area contributed by atoms with Crippen LogP contribution in [0, 0.1) is 5.92 Å². The molecule has 0 N–H and O–H groups in total. The molecule has 1 heterocycles. The van der Waals surface area contributed by atoms with Gasteiger partial charge in [0.15, 0.2) is 11.9 Å². The fourth-order valence-corrected chi connectivity index (χ4v) is 3.75. The average molecular weight is 347 g/mol. The Labute approximate surface area is 148 Å². The molecule has 2 unspecified atom stereocenters. The zero-order valence-electron chi connectivity index (χ0n) is 14.8. The predicted molar refractivity (Wildman–Crippen MR) is 91.9 cm³/mol. The summed E-state index contributed by atoms with van der Waals surface area (Å²) in [6, 6.07) is 6.30. The zero-order chi connectivity index (χ0) is 17.8. The Hall–Kier alpha value is -2.08. The van der Waals surface area contributed by atoms with Crippen LogP contribution in [0.25, 0.3) is 0 Å². The molecule has 0 aromatic heterocycles. The highest BCUT2D eigenvalue weighted by molar-refractivity contribution is 5.85. The molecule has 1 aliphatic heterocycles. The molecule has 6 heteroatoms. The van der Waals surface area contributed by atoms with E-state index in [1.54, 1.807) is 7.11 Å². The minimum atomic E-state index is -0.793. The van der Waals surface area contributed by atoms with Gasteiger partial charge >= 0.3 is 6.16 Å². The molecule has 0 spiro atoms. The maximum Gasteiger partial charge on any atom is 0.508 e. The molecule has 25 heavy (non-hydrogen) atoms. The maximum atomic E-state index is 11.9. The first-order valence-corrected chi connectivity index (χ1v) is 8.74. The van der Waals surface area contributed by atoms with E-state index >= 15 is 0 Å². The first kappa shape index (κ1) is 17.7. The fourth-order valence-electron chi connectivity index (χ4n) is 3.75. The number of Topliss-reactive ketones (excluding diaryl/α,β-unsaturated/α-hetero) is 1. The lowest BCUT2D eigenvalue weighted by atomic mass is 9.83. The Balaban J connectivity index is 1.59. The number of ketones is 1. The molecule has 2 atom stereocenters. The molecule has 1 aliphatic carbocycles. The van der Waals surface area contributed by atoms with E-state index < -0.39 is 12.3 Å². The number of piperidine rings is 1. The van der Waals surface area contributed by atoms with Gasteiger partial charge < -0.3 is 14.2 Å². The van der Waals surface area contributed by atoms with E-state index in [9.17, 15) is 9.59 Å². The number of rotatable bonds is 4. The van der Waals surface area contributed by atoms with Gasteiger partial charge in [0.05, 0.1) is 14.2 Å². The highest BCUT2D eigenvalue weighted by atomic mass is 16.7. The number of carbonyl (C=O) groups excluding carboxylic acids is 2. The largest absolute Gasteiger partial charge is 0.508 e. The Morgan fingerprint density at radius 1 is 1.24 bits per heavy atom. The lowest BCUT2D eigenvalue weighted by molar-refractivity contribution is -0.133. The van der Waals surface area contributed by atoms with E-state index in [0.717, 1.165) is 38.1 Å². The smallest absolute Gasteiger partial charge is 0.497 e. The monoisotopic (exact) mass is 347 g/mol. The summed E-state index contributed by atoms with van der Waals surface area (Å²) in [5.74, 6) is 1.40. The molecular weight excluding hydrogens is 322 g/mol. The van der Waals surface area contributed by atoms with Crippen LogP contribution in [0.5, 0.6) is 5.75 Å². The van der Waals surface area contributed by atoms with Gasteiger partial charge in [0.25, 0.3) is 0 Å². The molecule has 1 aromatic rings. The number of methoxy groups -OCH3 is 2. The summed E-state index contributed by atoms with van der Waals surface area (Å²) in [6.45, 7) is 2.09. The topological polar surface area (TPSA) is 65.1 Å². The number of nitrogens with zero attached hydrogens (tertiary/aromatic N) is 1. The quantitative estimate of drug-likeness (QED) is 0.778. The highest BCUT2D eigenvalue weighted by Gasteiger charge is 2.32. The molecule has 1 fully saturated rings. The summed E-state index contributed by atoms with van der Waals surface area (Å²) in [7, 11) is 2.94. The minimum absolute atomic E-state index is 0.0274. The first-order valence-electron chi connectivity index (χ1n) is 8.74. The van der Waals surface area contributed by atoms with Crippen LogP contribution >= 0.6 is 0 Å². The van der Waals surface area contributed by atoms with Crippen molar-refractivity contribution in [1.82, 2.24) is 4.90 Å². The van der Waals surface area contributed by atoms with Gasteiger partial charge in [-0.1, -0.05) is 6.07 Å². The summed E-state index contributed by atoms with van der Waals surface area (Å²) in [4.78, 5) is 25.5. The van der Waals surface area contributed by atoms with Crippen molar-refractivity contribution in [3.05, 3.63) is 29.3 Å². The van der Waals surface area contributed by atoms with E-state index in [-0.39, 0.29) is 5.78 Å². The second-order valence-corrected chi connectivity index (χ2v) is 6.78. The molecule has 136 valence electrons. The van der Waals surface area contributed by atoms with Gasteiger partial charge in [0.2, 0.25) is 0 Å². The van der Waals surface area contributed by atoms with E-state index in [0.29, 0.717) is 18.9 Å². The summed E-state index contributed by atoms with van der Waals surface area (Å²) in [6.07, 6.45) is 2.12. The predicted octanol–water partition coefficient (Wildman–Crippen LogP) is 2.23. The lowest BCUT2D eigenvalue weighted by Gasteiger charge is -2.35. The van der Waals surface area contributed by atoms with Crippen LogP contribution < -0.4 is 4.74 Å². The van der Waals surface area contributed by atoms with Gasteiger partial charge in [-0.15, -0.1) is 0 Å². The van der Waals surface area contributed by atoms with Gasteiger partial charge in [-0.05, 0) is 48.4 Å². The van der Waals surface area contributed by atoms with Crippen LogP contribution in [-0.2, 0) is 27.1 Å². The van der Waals surface area contributed by atoms with Gasteiger partial charge in [-0.3, -0.25) is 9.69 Å². The Morgan fingerprint density at radius 2 is 2.08 bits per heavy atom. The second kappa shape index (κ2) is 7.87. The number of fused-ring (bicyclic) bond motifs is 1. The zero-order valence-corrected chi connectivity index (χ0v) is 14.8. The Bertz CT molecular complexity index is 645. The van der Waals surface area contributed by atoms with E-state index in [2.05, 4.69) is 21.8 Å². The first-order chi connectivity index (χ1) is 12.1. The molecule has 6 nitrogen and oxygen atoms in total. The van der Waals surface area contributed by atoms with Crippen molar-refractivity contribution in [2.45, 2.75) is 31.8 Å². The number of likely N-dealkylation sites (tertiary alicyclic amines) is 1. The number of hydrogen-bond donors (Lipinski definition) is 0. The molecule has 0 amide bonds. The Morgan fingerprint density at radius 3 is 2.84 bits per heavy atom. The van der Waals surface area contributed by atoms with Crippen molar-refractivity contribution in [1.29, 1.82) is 0 Å². The number of ether oxygens (including phenoxy) is 3. The normalized spacial score (nSPS) is 23.7. The third kappa shape index (κ3) is 4.31.